The Morgan fingerprint density at radius 1 is 1.27 bits per heavy atom. The van der Waals surface area contributed by atoms with Crippen molar-refractivity contribution in [3.63, 3.8) is 0 Å². The van der Waals surface area contributed by atoms with E-state index in [-0.39, 0.29) is 28.8 Å². The van der Waals surface area contributed by atoms with Crippen LogP contribution in [0.5, 0.6) is 5.75 Å². The lowest BCUT2D eigenvalue weighted by molar-refractivity contribution is -0.757. The number of sulfonamides is 1. The summed E-state index contributed by atoms with van der Waals surface area (Å²) >= 11 is 0. The quantitative estimate of drug-likeness (QED) is 0.209. The highest BCUT2D eigenvalue weighted by Gasteiger charge is 2.36. The molecule has 1 N–H and O–H groups in total. The molecule has 0 aliphatic carbocycles. The molecule has 3 aromatic rings. The number of nitrogens with one attached hydrogen (secondary N) is 1. The average Bonchev–Trinajstić information content (AvgIpc) is 3.13. The first-order valence-corrected chi connectivity index (χ1v) is 13.6. The second kappa shape index (κ2) is 10.8. The predicted octanol–water partition coefficient (Wildman–Crippen LogP) is 2.28. The van der Waals surface area contributed by atoms with Crippen LogP contribution in [0.25, 0.3) is 22.4 Å². The topological polar surface area (TPSA) is 163 Å². The zero-order valence-corrected chi connectivity index (χ0v) is 21.8. The molecule has 0 saturated carbocycles. The molecule has 0 bridgehead atoms. The van der Waals surface area contributed by atoms with Crippen molar-refractivity contribution in [2.45, 2.75) is 44.4 Å². The number of ether oxygens (including phenoxy) is 1. The first kappa shape index (κ1) is 26.5. The number of fused-ring (bicyclic) bond motifs is 1. The minimum Gasteiger partial charge on any atom is -0.493 e. The van der Waals surface area contributed by atoms with Crippen molar-refractivity contribution in [3.8, 4) is 17.1 Å². The third kappa shape index (κ3) is 5.44. The van der Waals surface area contributed by atoms with Gasteiger partial charge in [0.1, 0.15) is 17.1 Å². The van der Waals surface area contributed by atoms with Gasteiger partial charge in [0, 0.05) is 20.1 Å². The Labute approximate surface area is 213 Å². The molecule has 37 heavy (non-hydrogen) atoms. The second-order valence-electron chi connectivity index (χ2n) is 8.91. The number of hydrogen-bond acceptors (Lipinski definition) is 9. The summed E-state index contributed by atoms with van der Waals surface area (Å²) in [5, 5.41) is 13.9. The summed E-state index contributed by atoms with van der Waals surface area (Å²) in [7, 11) is -2.12. The van der Waals surface area contributed by atoms with E-state index >= 15 is 0 Å². The number of H-pyrrole nitrogens is 1. The van der Waals surface area contributed by atoms with Gasteiger partial charge in [-0.2, -0.15) is 9.40 Å². The molecule has 13 nitrogen and oxygen atoms in total. The highest BCUT2D eigenvalue weighted by atomic mass is 32.2. The van der Waals surface area contributed by atoms with E-state index in [0.717, 1.165) is 6.42 Å². The summed E-state index contributed by atoms with van der Waals surface area (Å²) in [6, 6.07) is 4.52. The lowest BCUT2D eigenvalue weighted by atomic mass is 9.98. The number of benzene rings is 1. The van der Waals surface area contributed by atoms with Crippen molar-refractivity contribution in [2.24, 2.45) is 13.0 Å². The maximum Gasteiger partial charge on any atom is 0.294 e. The Morgan fingerprint density at radius 3 is 2.70 bits per heavy atom. The van der Waals surface area contributed by atoms with Crippen LogP contribution in [-0.2, 0) is 28.3 Å². The monoisotopic (exact) mass is 534 g/mol. The zero-order chi connectivity index (χ0) is 26.7. The average molecular weight is 535 g/mol. The lowest BCUT2D eigenvalue weighted by Gasteiger charge is -2.38. The number of nitrogens with zero attached hydrogens (tertiary/aromatic N) is 5. The highest BCUT2D eigenvalue weighted by molar-refractivity contribution is 7.89. The molecule has 0 spiro atoms. The van der Waals surface area contributed by atoms with Gasteiger partial charge in [-0.05, 0) is 50.3 Å². The third-order valence-corrected chi connectivity index (χ3v) is 8.10. The van der Waals surface area contributed by atoms with Crippen LogP contribution < -0.4 is 10.3 Å². The summed E-state index contributed by atoms with van der Waals surface area (Å²) in [5.41, 5.74) is 1.51. The van der Waals surface area contributed by atoms with Crippen LogP contribution in [0.4, 0.5) is 0 Å². The summed E-state index contributed by atoms with van der Waals surface area (Å²) in [6.45, 7) is 4.79. The molecule has 4 rings (SSSR count). The van der Waals surface area contributed by atoms with Crippen molar-refractivity contribution in [1.82, 2.24) is 24.1 Å². The van der Waals surface area contributed by atoms with Crippen LogP contribution in [-0.4, -0.2) is 63.9 Å². The fourth-order valence-corrected chi connectivity index (χ4v) is 6.10. The molecule has 3 heterocycles. The van der Waals surface area contributed by atoms with E-state index < -0.39 is 15.1 Å². The van der Waals surface area contributed by atoms with Gasteiger partial charge in [-0.25, -0.2) is 13.4 Å². The molecule has 200 valence electrons. The molecule has 0 amide bonds. The smallest absolute Gasteiger partial charge is 0.294 e. The van der Waals surface area contributed by atoms with E-state index in [1.165, 1.54) is 21.1 Å². The molecule has 1 aromatic carbocycles. The molecule has 0 radical (unpaired) electrons. The lowest BCUT2D eigenvalue weighted by Crippen LogP contribution is -2.49. The molecule has 0 atom stereocenters. The summed E-state index contributed by atoms with van der Waals surface area (Å²) in [4.78, 5) is 35.0. The van der Waals surface area contributed by atoms with Crippen LogP contribution in [0.1, 0.15) is 38.8 Å². The first-order valence-electron chi connectivity index (χ1n) is 12.2. The molecule has 1 saturated heterocycles. The van der Waals surface area contributed by atoms with Gasteiger partial charge in [-0.3, -0.25) is 9.48 Å². The molecule has 14 heteroatoms. The summed E-state index contributed by atoms with van der Waals surface area (Å²) in [6.07, 6.45) is 2.58. The van der Waals surface area contributed by atoms with Gasteiger partial charge < -0.3 is 14.6 Å². The second-order valence-corrected chi connectivity index (χ2v) is 10.8. The normalized spacial score (nSPS) is 14.6. The van der Waals surface area contributed by atoms with E-state index in [2.05, 4.69) is 19.9 Å². The van der Waals surface area contributed by atoms with Gasteiger partial charge >= 0.3 is 0 Å². The van der Waals surface area contributed by atoms with Gasteiger partial charge in [0.25, 0.3) is 10.6 Å². The van der Waals surface area contributed by atoms with Crippen LogP contribution >= 0.6 is 0 Å². The highest BCUT2D eigenvalue weighted by Crippen LogP contribution is 2.34. The SMILES string of the molecule is CCCc1nn(C)c2c(=O)[nH]c(-c3cc(S(=O)(=O)N4CC(CCCO[N+](=O)[O-])C4)ccc3OCC)nc12. The van der Waals surface area contributed by atoms with Crippen molar-refractivity contribution < 1.29 is 23.1 Å². The number of hydrogen-bond donors (Lipinski definition) is 1. The van der Waals surface area contributed by atoms with Crippen LogP contribution in [0.15, 0.2) is 27.9 Å². The van der Waals surface area contributed by atoms with Crippen molar-refractivity contribution in [2.75, 3.05) is 26.3 Å². The molecule has 2 aromatic heterocycles. The van der Waals surface area contributed by atoms with Gasteiger partial charge in [-0.1, -0.05) is 13.3 Å². The Kier molecular flexibility index (Phi) is 7.78. The zero-order valence-electron chi connectivity index (χ0n) is 21.0. The van der Waals surface area contributed by atoms with Gasteiger partial charge in [0.15, 0.2) is 5.52 Å². The Bertz CT molecular complexity index is 1460. The Balaban J connectivity index is 1.63. The third-order valence-electron chi connectivity index (χ3n) is 6.27. The fraction of sp³-hybridized carbons (Fsp3) is 0.522. The molecule has 1 aliphatic rings. The maximum atomic E-state index is 13.3. The number of rotatable bonds is 12. The van der Waals surface area contributed by atoms with E-state index in [1.54, 1.807) is 13.1 Å². The standard InChI is InChI=1S/C23H30N6O7S/c1-4-7-18-20-21(27(3)26-18)23(30)25-22(24-20)17-12-16(9-10-19(17)35-5-2)37(33,34)28-13-15(14-28)8-6-11-36-29(31)32/h9-10,12,15H,4-8,11,13-14H2,1-3H3,(H,24,25,30). The van der Waals surface area contributed by atoms with Gasteiger partial charge in [0.2, 0.25) is 10.0 Å². The first-order chi connectivity index (χ1) is 17.6. The summed E-state index contributed by atoms with van der Waals surface area (Å²) < 4.78 is 35.2. The van der Waals surface area contributed by atoms with Crippen molar-refractivity contribution in [1.29, 1.82) is 0 Å². The predicted molar refractivity (Wildman–Crippen MR) is 134 cm³/mol. The van der Waals surface area contributed by atoms with Crippen LogP contribution in [0, 0.1) is 16.0 Å². The van der Waals surface area contributed by atoms with E-state index in [9.17, 15) is 23.3 Å². The minimum absolute atomic E-state index is 0.00898. The van der Waals surface area contributed by atoms with Gasteiger partial charge in [0.05, 0.1) is 29.4 Å². The van der Waals surface area contributed by atoms with Crippen LogP contribution in [0.3, 0.4) is 0 Å². The number of aromatic nitrogens is 4. The maximum absolute atomic E-state index is 13.3. The van der Waals surface area contributed by atoms with Crippen LogP contribution in [0.2, 0.25) is 0 Å². The van der Waals surface area contributed by atoms with E-state index in [4.69, 9.17) is 4.74 Å². The molecular formula is C23H30N6O7S. The fourth-order valence-electron chi connectivity index (χ4n) is 4.48. The Morgan fingerprint density at radius 2 is 2.03 bits per heavy atom. The summed E-state index contributed by atoms with van der Waals surface area (Å²) in [5.74, 6) is 0.711. The number of aryl methyl sites for hydroxylation is 2. The Hall–Kier alpha value is -3.52. The molecule has 1 aliphatic heterocycles. The van der Waals surface area contributed by atoms with Gasteiger partial charge in [-0.15, -0.1) is 10.1 Å². The van der Waals surface area contributed by atoms with E-state index in [1.807, 2.05) is 13.8 Å². The molecule has 0 unspecified atom stereocenters. The molecular weight excluding hydrogens is 504 g/mol. The minimum atomic E-state index is -3.80. The molecule has 1 fully saturated rings. The van der Waals surface area contributed by atoms with E-state index in [0.29, 0.717) is 67.0 Å². The largest absolute Gasteiger partial charge is 0.493 e. The van der Waals surface area contributed by atoms with Crippen molar-refractivity contribution >= 4 is 21.1 Å². The number of aromatic amines is 1. The van der Waals surface area contributed by atoms with Crippen molar-refractivity contribution in [3.05, 3.63) is 44.4 Å².